The minimum absolute atomic E-state index is 0. The number of carboxylic acids is 1. The molecule has 0 aromatic heterocycles. The molecule has 0 saturated heterocycles. The molecule has 9 heteroatoms. The van der Waals surface area contributed by atoms with Crippen molar-refractivity contribution in [3.05, 3.63) is 63.9 Å². The summed E-state index contributed by atoms with van der Waals surface area (Å²) in [4.78, 5) is 10.8. The number of carbonyl (C=O) groups is 1. The molecule has 1 aliphatic carbocycles. The molecule has 1 atom stereocenters. The van der Waals surface area contributed by atoms with E-state index in [0.29, 0.717) is 29.0 Å². The molecule has 0 amide bonds. The summed E-state index contributed by atoms with van der Waals surface area (Å²) in [6.45, 7) is 0.162. The Balaban J connectivity index is 0.00000261. The first kappa shape index (κ1) is 22.3. The SMILES string of the molecule is O=C([O-])Cc1cc(F)c2c(c1)CC(CNS(=O)(=O)c1ccc(Cl)cc1)C2.[Na+]. The molecule has 138 valence electrons. The van der Waals surface area contributed by atoms with Crippen LogP contribution in [0.5, 0.6) is 0 Å². The van der Waals surface area contributed by atoms with Gasteiger partial charge in [0.2, 0.25) is 10.0 Å². The van der Waals surface area contributed by atoms with Crippen molar-refractivity contribution in [2.24, 2.45) is 5.92 Å². The molecule has 0 radical (unpaired) electrons. The number of carbonyl (C=O) groups excluding carboxylic acids is 1. The summed E-state index contributed by atoms with van der Waals surface area (Å²) < 4.78 is 41.4. The topological polar surface area (TPSA) is 86.3 Å². The molecule has 0 heterocycles. The molecule has 2 aromatic rings. The fraction of sp³-hybridized carbons (Fsp3) is 0.278. The van der Waals surface area contributed by atoms with E-state index in [1.807, 2.05) is 0 Å². The number of nitrogens with one attached hydrogen (secondary N) is 1. The molecule has 27 heavy (non-hydrogen) atoms. The largest absolute Gasteiger partial charge is 1.00 e. The number of aliphatic carboxylic acids is 1. The Bertz CT molecular complexity index is 951. The maximum Gasteiger partial charge on any atom is 1.00 e. The Morgan fingerprint density at radius 3 is 2.52 bits per heavy atom. The van der Waals surface area contributed by atoms with Gasteiger partial charge in [0, 0.05) is 24.0 Å². The van der Waals surface area contributed by atoms with Crippen LogP contribution in [0.1, 0.15) is 16.7 Å². The van der Waals surface area contributed by atoms with Crippen LogP contribution in [0.25, 0.3) is 0 Å². The Morgan fingerprint density at radius 2 is 1.89 bits per heavy atom. The van der Waals surface area contributed by atoms with Crippen LogP contribution in [0.15, 0.2) is 41.3 Å². The average molecular weight is 420 g/mol. The second-order valence-corrected chi connectivity index (χ2v) is 8.55. The van der Waals surface area contributed by atoms with Crippen LogP contribution in [-0.4, -0.2) is 20.9 Å². The molecule has 0 fully saturated rings. The Kier molecular flexibility index (Phi) is 7.47. The van der Waals surface area contributed by atoms with Crippen molar-refractivity contribution in [3.63, 3.8) is 0 Å². The van der Waals surface area contributed by atoms with E-state index in [0.717, 1.165) is 5.56 Å². The van der Waals surface area contributed by atoms with Gasteiger partial charge < -0.3 is 9.90 Å². The third-order valence-electron chi connectivity index (χ3n) is 4.38. The van der Waals surface area contributed by atoms with Crippen LogP contribution < -0.4 is 39.4 Å². The van der Waals surface area contributed by atoms with Gasteiger partial charge in [-0.3, -0.25) is 0 Å². The summed E-state index contributed by atoms with van der Waals surface area (Å²) in [6, 6.07) is 8.68. The van der Waals surface area contributed by atoms with Crippen molar-refractivity contribution in [2.75, 3.05) is 6.54 Å². The molecule has 0 aliphatic heterocycles. The van der Waals surface area contributed by atoms with Gasteiger partial charge in [0.25, 0.3) is 0 Å². The fourth-order valence-electron chi connectivity index (χ4n) is 3.18. The van der Waals surface area contributed by atoms with Crippen LogP contribution in [-0.2, 0) is 34.1 Å². The Labute approximate surface area is 184 Å². The minimum Gasteiger partial charge on any atom is -0.550 e. The smallest absolute Gasteiger partial charge is 0.550 e. The number of fused-ring (bicyclic) bond motifs is 1. The maximum absolute atomic E-state index is 14.2. The van der Waals surface area contributed by atoms with Crippen molar-refractivity contribution >= 4 is 27.6 Å². The monoisotopic (exact) mass is 419 g/mol. The second-order valence-electron chi connectivity index (χ2n) is 6.34. The molecule has 2 aromatic carbocycles. The fourth-order valence-corrected chi connectivity index (χ4v) is 4.42. The van der Waals surface area contributed by atoms with E-state index < -0.39 is 21.8 Å². The number of hydrogen-bond acceptors (Lipinski definition) is 4. The number of rotatable bonds is 6. The van der Waals surface area contributed by atoms with Crippen molar-refractivity contribution in [3.8, 4) is 0 Å². The Morgan fingerprint density at radius 1 is 1.22 bits per heavy atom. The number of benzene rings is 2. The zero-order chi connectivity index (χ0) is 18.9. The van der Waals surface area contributed by atoms with Gasteiger partial charge in [-0.1, -0.05) is 17.7 Å². The molecule has 0 spiro atoms. The standard InChI is InChI=1S/C18H17ClFNO4S.Na/c19-14-1-3-15(4-2-14)26(24,25)21-10-12-6-13-5-11(9-18(22)23)8-17(20)16(13)7-12;/h1-5,8,12,21H,6-7,9-10H2,(H,22,23);/q;+1/p-1. The second kappa shape index (κ2) is 9.03. The van der Waals surface area contributed by atoms with Crippen molar-refractivity contribution in [1.82, 2.24) is 4.72 Å². The third kappa shape index (κ3) is 5.53. The van der Waals surface area contributed by atoms with E-state index in [-0.39, 0.29) is 53.3 Å². The quantitative estimate of drug-likeness (QED) is 0.576. The number of sulfonamides is 1. The van der Waals surface area contributed by atoms with E-state index in [2.05, 4.69) is 4.72 Å². The maximum atomic E-state index is 14.2. The average Bonchev–Trinajstić information content (AvgIpc) is 2.96. The van der Waals surface area contributed by atoms with Crippen LogP contribution in [0.2, 0.25) is 5.02 Å². The first-order chi connectivity index (χ1) is 12.2. The molecule has 0 saturated carbocycles. The molecule has 0 bridgehead atoms. The predicted octanol–water partition coefficient (Wildman–Crippen LogP) is -1.53. The summed E-state index contributed by atoms with van der Waals surface area (Å²) in [5, 5.41) is 11.1. The minimum atomic E-state index is -3.67. The van der Waals surface area contributed by atoms with Gasteiger partial charge in [-0.25, -0.2) is 17.5 Å². The number of hydrogen-bond donors (Lipinski definition) is 1. The number of carboxylic acid groups (broad SMARTS) is 1. The molecule has 1 N–H and O–H groups in total. The summed E-state index contributed by atoms with van der Waals surface area (Å²) in [5.74, 6) is -1.82. The molecule has 1 aliphatic rings. The summed E-state index contributed by atoms with van der Waals surface area (Å²) >= 11 is 5.76. The zero-order valence-electron chi connectivity index (χ0n) is 14.7. The normalized spacial score (nSPS) is 15.9. The van der Waals surface area contributed by atoms with Crippen LogP contribution in [0.3, 0.4) is 0 Å². The zero-order valence-corrected chi connectivity index (χ0v) is 18.2. The summed E-state index contributed by atoms with van der Waals surface area (Å²) in [6.07, 6.45) is 0.532. The van der Waals surface area contributed by atoms with Crippen molar-refractivity contribution in [1.29, 1.82) is 0 Å². The summed E-state index contributed by atoms with van der Waals surface area (Å²) in [5.41, 5.74) is 1.59. The van der Waals surface area contributed by atoms with E-state index in [9.17, 15) is 22.7 Å². The van der Waals surface area contributed by atoms with E-state index in [1.54, 1.807) is 6.07 Å². The van der Waals surface area contributed by atoms with E-state index in [1.165, 1.54) is 30.3 Å². The van der Waals surface area contributed by atoms with Crippen molar-refractivity contribution < 1.29 is 52.3 Å². The van der Waals surface area contributed by atoms with Crippen molar-refractivity contribution in [2.45, 2.75) is 24.2 Å². The molecule has 3 rings (SSSR count). The van der Waals surface area contributed by atoms with Gasteiger partial charge in [-0.05, 0) is 65.8 Å². The molecular weight excluding hydrogens is 404 g/mol. The molecular formula is C18H16ClFNNaO4S. The molecule has 5 nitrogen and oxygen atoms in total. The van der Waals surface area contributed by atoms with Gasteiger partial charge in [0.05, 0.1) is 4.90 Å². The van der Waals surface area contributed by atoms with Gasteiger partial charge in [0.15, 0.2) is 0 Å². The number of halogens is 2. The van der Waals surface area contributed by atoms with Gasteiger partial charge in [0.1, 0.15) is 5.82 Å². The van der Waals surface area contributed by atoms with Crippen LogP contribution >= 0.6 is 11.6 Å². The van der Waals surface area contributed by atoms with Gasteiger partial charge >= 0.3 is 29.6 Å². The van der Waals surface area contributed by atoms with Crippen LogP contribution in [0, 0.1) is 11.7 Å². The third-order valence-corrected chi connectivity index (χ3v) is 6.07. The van der Waals surface area contributed by atoms with E-state index in [4.69, 9.17) is 11.6 Å². The molecule has 1 unspecified atom stereocenters. The Hall–Kier alpha value is -0.960. The summed E-state index contributed by atoms with van der Waals surface area (Å²) in [7, 11) is -3.67. The van der Waals surface area contributed by atoms with E-state index >= 15 is 0 Å². The first-order valence-corrected chi connectivity index (χ1v) is 9.86. The van der Waals surface area contributed by atoms with Gasteiger partial charge in [-0.2, -0.15) is 0 Å². The van der Waals surface area contributed by atoms with Crippen LogP contribution in [0.4, 0.5) is 4.39 Å². The van der Waals surface area contributed by atoms with Gasteiger partial charge in [-0.15, -0.1) is 0 Å². The first-order valence-electron chi connectivity index (χ1n) is 8.00. The predicted molar refractivity (Wildman–Crippen MR) is 92.6 cm³/mol.